The summed E-state index contributed by atoms with van der Waals surface area (Å²) >= 11 is 10.3. The first-order valence-corrected chi connectivity index (χ1v) is 11.5. The van der Waals surface area contributed by atoms with Gasteiger partial charge in [-0.05, 0) is 54.5 Å². The molecule has 0 heterocycles. The van der Waals surface area contributed by atoms with Crippen molar-refractivity contribution < 1.29 is 27.4 Å². The molecule has 34 heavy (non-hydrogen) atoms. The first kappa shape index (κ1) is 32.3. The Morgan fingerprint density at radius 1 is 1.12 bits per heavy atom. The van der Waals surface area contributed by atoms with Crippen LogP contribution < -0.4 is 20.1 Å². The number of nitrogens with zero attached hydrogens (tertiary/aromatic N) is 1. The van der Waals surface area contributed by atoms with Gasteiger partial charge in [-0.3, -0.25) is 4.79 Å². The third-order valence-corrected chi connectivity index (χ3v) is 4.93. The van der Waals surface area contributed by atoms with Crippen molar-refractivity contribution in [3.8, 4) is 11.5 Å². The first-order chi connectivity index (χ1) is 15.8. The van der Waals surface area contributed by atoms with Gasteiger partial charge in [0.05, 0.1) is 19.3 Å². The molecule has 0 aliphatic carbocycles. The van der Waals surface area contributed by atoms with Gasteiger partial charge in [0.15, 0.2) is 0 Å². The molecule has 0 saturated heterocycles. The molecule has 0 atom stereocenters. The Balaban J connectivity index is 0.00000104. The van der Waals surface area contributed by atoms with Crippen LogP contribution in [0.5, 0.6) is 11.5 Å². The topological polar surface area (TPSA) is 115 Å². The van der Waals surface area contributed by atoms with Crippen LogP contribution in [0.25, 0.3) is 0 Å². The predicted molar refractivity (Wildman–Crippen MR) is 138 cm³/mol. The molecule has 2 N–H and O–H groups in total. The number of benzene rings is 2. The molecule has 0 bridgehead atoms. The van der Waals surface area contributed by atoms with E-state index in [0.29, 0.717) is 42.5 Å². The fourth-order valence-electron chi connectivity index (χ4n) is 2.38. The molecule has 2 aromatic carbocycles. The molecule has 0 unspecified atom stereocenters. The van der Waals surface area contributed by atoms with Gasteiger partial charge in [-0.2, -0.15) is 8.42 Å². The van der Waals surface area contributed by atoms with E-state index in [1.165, 1.54) is 14.2 Å². The number of hydrogen-bond acceptors (Lipinski definition) is 7. The number of thiocarbonyl (C=S) groups is 1. The molecule has 0 aliphatic rings. The van der Waals surface area contributed by atoms with E-state index in [-0.39, 0.29) is 40.6 Å². The summed E-state index contributed by atoms with van der Waals surface area (Å²) in [5, 5.41) is 5.71. The number of nitrogens with one attached hydrogen (secondary N) is 2. The first-order valence-electron chi connectivity index (χ1n) is 9.66. The standard InChI is InChI=1S/C19H22ClNO4.C2H4N2O2S2.Na.H/c1-23-11-12-25-16-6-3-14(4-7-16)9-10-21-19(22)17-13-15(20)5-8-18(17)24-2;1-3-2(7)4-8(5)6;;/h3-8,13H,9-12H2,1-2H3,(H,21,22);1H3,(H,3,7);;. The number of methoxy groups -OCH3 is 2. The van der Waals surface area contributed by atoms with Crippen LogP contribution in [0.3, 0.4) is 0 Å². The van der Waals surface area contributed by atoms with E-state index < -0.39 is 10.5 Å². The molecule has 2 rings (SSSR count). The molecule has 9 nitrogen and oxygen atoms in total. The normalized spacial score (nSPS) is 9.41. The van der Waals surface area contributed by atoms with Gasteiger partial charge in [-0.15, -0.1) is 4.36 Å². The Morgan fingerprint density at radius 3 is 2.32 bits per heavy atom. The fourth-order valence-corrected chi connectivity index (χ4v) is 2.96. The third kappa shape index (κ3) is 13.2. The number of ether oxygens (including phenoxy) is 3. The molecule has 0 aliphatic heterocycles. The second-order valence-corrected chi connectivity index (χ2v) is 7.64. The zero-order valence-electron chi connectivity index (χ0n) is 18.5. The number of rotatable bonds is 9. The number of hydrogen-bond donors (Lipinski definition) is 2. The van der Waals surface area contributed by atoms with Crippen LogP contribution in [-0.2, 0) is 21.7 Å². The molecule has 2 aromatic rings. The molecule has 0 aromatic heterocycles. The van der Waals surface area contributed by atoms with Gasteiger partial charge in [0.25, 0.3) is 5.91 Å². The SMILES string of the molecule is CNC(=S)N=S(=O)=O.COCCOc1ccc(CCNC(=O)c2cc(Cl)ccc2OC)cc1.[NaH]. The summed E-state index contributed by atoms with van der Waals surface area (Å²) in [6, 6.07) is 12.7. The van der Waals surface area contributed by atoms with E-state index in [4.69, 9.17) is 25.8 Å². The minimum atomic E-state index is -2.42. The van der Waals surface area contributed by atoms with Crippen molar-refractivity contribution in [3.63, 3.8) is 0 Å². The zero-order chi connectivity index (χ0) is 24.6. The van der Waals surface area contributed by atoms with Crippen LogP contribution in [0, 0.1) is 0 Å². The van der Waals surface area contributed by atoms with Crippen LogP contribution in [0.1, 0.15) is 15.9 Å². The fraction of sp³-hybridized carbons (Fsp3) is 0.333. The van der Waals surface area contributed by atoms with Crippen LogP contribution in [-0.4, -0.2) is 90.0 Å². The van der Waals surface area contributed by atoms with Crippen molar-refractivity contribution in [2.45, 2.75) is 6.42 Å². The van der Waals surface area contributed by atoms with Gasteiger partial charge in [-0.1, -0.05) is 23.7 Å². The number of amides is 1. The molecule has 182 valence electrons. The maximum atomic E-state index is 12.3. The quantitative estimate of drug-likeness (QED) is 0.283. The van der Waals surface area contributed by atoms with Crippen molar-refractivity contribution in [1.29, 1.82) is 0 Å². The Kier molecular flexibility index (Phi) is 17.6. The molecule has 0 radical (unpaired) electrons. The number of carbonyl (C=O) groups is 1. The monoisotopic (exact) mass is 539 g/mol. The molecule has 0 saturated carbocycles. The average Bonchev–Trinajstić information content (AvgIpc) is 2.80. The van der Waals surface area contributed by atoms with Gasteiger partial charge in [0.2, 0.25) is 5.11 Å². The van der Waals surface area contributed by atoms with E-state index >= 15 is 0 Å². The van der Waals surface area contributed by atoms with Crippen LogP contribution in [0.2, 0.25) is 5.02 Å². The van der Waals surface area contributed by atoms with Crippen LogP contribution in [0.15, 0.2) is 46.8 Å². The number of carbonyl (C=O) groups excluding carboxylic acids is 1. The molecule has 0 spiro atoms. The third-order valence-electron chi connectivity index (χ3n) is 3.96. The number of halogens is 1. The van der Waals surface area contributed by atoms with Crippen LogP contribution in [0.4, 0.5) is 0 Å². The van der Waals surface area contributed by atoms with E-state index in [0.717, 1.165) is 11.3 Å². The minimum absolute atomic E-state index is 0. The molecular weight excluding hydrogens is 513 g/mol. The Bertz CT molecular complexity index is 1040. The van der Waals surface area contributed by atoms with Crippen molar-refractivity contribution >= 4 is 74.9 Å². The molecular formula is C21H27ClN3NaO6S2. The van der Waals surface area contributed by atoms with Gasteiger partial charge in [-0.25, -0.2) is 0 Å². The summed E-state index contributed by atoms with van der Waals surface area (Å²) in [6.07, 6.45) is 0.715. The van der Waals surface area contributed by atoms with Gasteiger partial charge in [0.1, 0.15) is 18.1 Å². The Morgan fingerprint density at radius 2 is 1.79 bits per heavy atom. The van der Waals surface area contributed by atoms with Crippen LogP contribution >= 0.6 is 23.8 Å². The Hall–Kier alpha value is -1.73. The maximum absolute atomic E-state index is 12.3. The Labute approximate surface area is 233 Å². The predicted octanol–water partition coefficient (Wildman–Crippen LogP) is 2.25. The van der Waals surface area contributed by atoms with E-state index in [1.807, 2.05) is 24.3 Å². The van der Waals surface area contributed by atoms with E-state index in [9.17, 15) is 13.2 Å². The summed E-state index contributed by atoms with van der Waals surface area (Å²) in [7, 11) is 2.24. The van der Waals surface area contributed by atoms with Crippen molar-refractivity contribution in [1.82, 2.24) is 10.6 Å². The van der Waals surface area contributed by atoms with Crippen molar-refractivity contribution in [3.05, 3.63) is 58.6 Å². The van der Waals surface area contributed by atoms with Gasteiger partial charge < -0.3 is 24.8 Å². The average molecular weight is 540 g/mol. The summed E-state index contributed by atoms with van der Waals surface area (Å²) in [6.45, 7) is 1.59. The molecule has 1 amide bonds. The summed E-state index contributed by atoms with van der Waals surface area (Å²) < 4.78 is 37.9. The summed E-state index contributed by atoms with van der Waals surface area (Å²) in [5.74, 6) is 1.09. The summed E-state index contributed by atoms with van der Waals surface area (Å²) in [4.78, 5) is 12.3. The summed E-state index contributed by atoms with van der Waals surface area (Å²) in [5.41, 5.74) is 1.54. The van der Waals surface area contributed by atoms with Crippen molar-refractivity contribution in [2.75, 3.05) is 41.0 Å². The molecule has 0 fully saturated rings. The van der Waals surface area contributed by atoms with Gasteiger partial charge >= 0.3 is 40.1 Å². The molecule has 13 heteroatoms. The second kappa shape index (κ2) is 18.6. The zero-order valence-corrected chi connectivity index (χ0v) is 20.8. The van der Waals surface area contributed by atoms with Crippen molar-refractivity contribution in [2.24, 2.45) is 4.36 Å². The second-order valence-electron chi connectivity index (χ2n) is 6.20. The van der Waals surface area contributed by atoms with E-state index in [1.54, 1.807) is 25.3 Å². The van der Waals surface area contributed by atoms with E-state index in [2.05, 4.69) is 27.2 Å². The van der Waals surface area contributed by atoms with Gasteiger partial charge in [0, 0.05) is 25.7 Å².